The van der Waals surface area contributed by atoms with Crippen molar-refractivity contribution in [2.75, 3.05) is 6.61 Å². The fraction of sp³-hybridized carbons (Fsp3) is 0.353. The number of fused-ring (bicyclic) bond motifs is 1. The Balaban J connectivity index is 1.84. The standard InChI is InChI=1S/C17H17N3O6/c1-2-26-17(25)19-14(22)10-5-3-4-9-8-20(16(24)13(9)10)11-6-7-12(21)18-15(11)23/h3-5,11H,2,6-8H2,1H3,(H,18,21,23)(H,19,22,25). The number of hydrogen-bond acceptors (Lipinski definition) is 6. The van der Waals surface area contributed by atoms with Crippen LogP contribution in [0.4, 0.5) is 4.79 Å². The molecule has 1 unspecified atom stereocenters. The Kier molecular flexibility index (Phi) is 4.70. The largest absolute Gasteiger partial charge is 0.450 e. The number of nitrogens with zero attached hydrogens (tertiary/aromatic N) is 1. The molecule has 1 aromatic carbocycles. The molecule has 0 aliphatic carbocycles. The van der Waals surface area contributed by atoms with Crippen molar-refractivity contribution in [1.82, 2.24) is 15.5 Å². The zero-order valence-corrected chi connectivity index (χ0v) is 14.0. The molecule has 9 nitrogen and oxygen atoms in total. The highest BCUT2D eigenvalue weighted by atomic mass is 16.5. The van der Waals surface area contributed by atoms with Gasteiger partial charge in [-0.1, -0.05) is 12.1 Å². The first kappa shape index (κ1) is 17.6. The molecule has 2 aliphatic heterocycles. The summed E-state index contributed by atoms with van der Waals surface area (Å²) in [7, 11) is 0. The highest BCUT2D eigenvalue weighted by molar-refractivity contribution is 6.13. The number of carbonyl (C=O) groups is 5. The van der Waals surface area contributed by atoms with E-state index in [1.54, 1.807) is 19.1 Å². The average molecular weight is 359 g/mol. The van der Waals surface area contributed by atoms with Crippen molar-refractivity contribution >= 4 is 29.7 Å². The molecule has 0 spiro atoms. The Hall–Kier alpha value is -3.23. The number of benzene rings is 1. The van der Waals surface area contributed by atoms with E-state index in [1.165, 1.54) is 11.0 Å². The molecule has 0 radical (unpaired) electrons. The van der Waals surface area contributed by atoms with E-state index in [-0.39, 0.29) is 43.0 Å². The van der Waals surface area contributed by atoms with E-state index in [1.807, 2.05) is 0 Å². The summed E-state index contributed by atoms with van der Waals surface area (Å²) in [6.07, 6.45) is -0.524. The van der Waals surface area contributed by atoms with Gasteiger partial charge in [0.05, 0.1) is 17.7 Å². The van der Waals surface area contributed by atoms with Gasteiger partial charge in [-0.15, -0.1) is 0 Å². The highest BCUT2D eigenvalue weighted by Crippen LogP contribution is 2.29. The number of piperidine rings is 1. The molecule has 1 saturated heterocycles. The maximum absolute atomic E-state index is 12.8. The van der Waals surface area contributed by atoms with Gasteiger partial charge in [-0.3, -0.25) is 29.8 Å². The first-order chi connectivity index (χ1) is 12.4. The molecule has 0 bridgehead atoms. The summed E-state index contributed by atoms with van der Waals surface area (Å²) in [5.41, 5.74) is 0.769. The van der Waals surface area contributed by atoms with Crippen LogP contribution in [0.1, 0.15) is 46.0 Å². The second-order valence-corrected chi connectivity index (χ2v) is 5.91. The van der Waals surface area contributed by atoms with Crippen LogP contribution in [0.2, 0.25) is 0 Å². The molecular weight excluding hydrogens is 342 g/mol. The number of amides is 5. The van der Waals surface area contributed by atoms with E-state index in [9.17, 15) is 24.0 Å². The number of alkyl carbamates (subject to hydrolysis) is 1. The Labute approximate surface area is 148 Å². The van der Waals surface area contributed by atoms with Gasteiger partial charge in [-0.05, 0) is 25.0 Å². The van der Waals surface area contributed by atoms with Crippen LogP contribution >= 0.6 is 0 Å². The third-order valence-electron chi connectivity index (χ3n) is 4.29. The zero-order valence-electron chi connectivity index (χ0n) is 14.0. The molecule has 136 valence electrons. The van der Waals surface area contributed by atoms with Gasteiger partial charge in [0.15, 0.2) is 0 Å². The Bertz CT molecular complexity index is 819. The lowest BCUT2D eigenvalue weighted by Crippen LogP contribution is -2.52. The van der Waals surface area contributed by atoms with E-state index in [0.29, 0.717) is 5.56 Å². The predicted molar refractivity (Wildman–Crippen MR) is 87.0 cm³/mol. The number of carbonyl (C=O) groups excluding carboxylic acids is 5. The lowest BCUT2D eigenvalue weighted by molar-refractivity contribution is -0.136. The molecular formula is C17H17N3O6. The average Bonchev–Trinajstić information content (AvgIpc) is 2.92. The van der Waals surface area contributed by atoms with Crippen molar-refractivity contribution < 1.29 is 28.7 Å². The predicted octanol–water partition coefficient (Wildman–Crippen LogP) is 0.334. The van der Waals surface area contributed by atoms with Gasteiger partial charge in [0, 0.05) is 13.0 Å². The summed E-state index contributed by atoms with van der Waals surface area (Å²) in [6.45, 7) is 1.86. The van der Waals surface area contributed by atoms with Gasteiger partial charge in [-0.2, -0.15) is 0 Å². The smallest absolute Gasteiger partial charge is 0.414 e. The van der Waals surface area contributed by atoms with E-state index >= 15 is 0 Å². The molecule has 2 N–H and O–H groups in total. The van der Waals surface area contributed by atoms with Crippen molar-refractivity contribution in [3.05, 3.63) is 34.9 Å². The van der Waals surface area contributed by atoms with Crippen molar-refractivity contribution in [3.63, 3.8) is 0 Å². The minimum absolute atomic E-state index is 0.0374. The summed E-state index contributed by atoms with van der Waals surface area (Å²) in [4.78, 5) is 61.3. The van der Waals surface area contributed by atoms with Crippen molar-refractivity contribution in [1.29, 1.82) is 0 Å². The zero-order chi connectivity index (χ0) is 18.8. The molecule has 0 saturated carbocycles. The molecule has 9 heteroatoms. The molecule has 2 heterocycles. The van der Waals surface area contributed by atoms with Crippen LogP contribution in [0, 0.1) is 0 Å². The van der Waals surface area contributed by atoms with Crippen molar-refractivity contribution in [2.24, 2.45) is 0 Å². The monoisotopic (exact) mass is 359 g/mol. The van der Waals surface area contributed by atoms with Gasteiger partial charge in [0.1, 0.15) is 6.04 Å². The van der Waals surface area contributed by atoms with E-state index in [0.717, 1.165) is 0 Å². The topological polar surface area (TPSA) is 122 Å². The first-order valence-electron chi connectivity index (χ1n) is 8.17. The van der Waals surface area contributed by atoms with Crippen LogP contribution in [0.15, 0.2) is 18.2 Å². The van der Waals surface area contributed by atoms with E-state index < -0.39 is 29.9 Å². The van der Waals surface area contributed by atoms with E-state index in [4.69, 9.17) is 0 Å². The lowest BCUT2D eigenvalue weighted by Gasteiger charge is -2.29. The quantitative estimate of drug-likeness (QED) is 0.750. The number of hydrogen-bond donors (Lipinski definition) is 2. The second kappa shape index (κ2) is 6.95. The Morgan fingerprint density at radius 2 is 2.08 bits per heavy atom. The van der Waals surface area contributed by atoms with Crippen LogP contribution in [0.3, 0.4) is 0 Å². The fourth-order valence-corrected chi connectivity index (χ4v) is 3.13. The summed E-state index contributed by atoms with van der Waals surface area (Å²) in [6, 6.07) is 3.94. The lowest BCUT2D eigenvalue weighted by atomic mass is 10.0. The minimum atomic E-state index is -0.900. The van der Waals surface area contributed by atoms with E-state index in [2.05, 4.69) is 15.4 Å². The van der Waals surface area contributed by atoms with Crippen LogP contribution < -0.4 is 10.6 Å². The van der Waals surface area contributed by atoms with Gasteiger partial charge in [-0.25, -0.2) is 4.79 Å². The van der Waals surface area contributed by atoms with Crippen LogP contribution in [0.5, 0.6) is 0 Å². The molecule has 1 atom stereocenters. The van der Waals surface area contributed by atoms with Crippen molar-refractivity contribution in [3.8, 4) is 0 Å². The van der Waals surface area contributed by atoms with Crippen LogP contribution in [-0.2, 0) is 20.9 Å². The van der Waals surface area contributed by atoms with Gasteiger partial charge < -0.3 is 9.64 Å². The normalized spacial score (nSPS) is 19.0. The fourth-order valence-electron chi connectivity index (χ4n) is 3.13. The number of imide groups is 2. The molecule has 1 aromatic rings. The van der Waals surface area contributed by atoms with Crippen LogP contribution in [0.25, 0.3) is 0 Å². The van der Waals surface area contributed by atoms with Gasteiger partial charge in [0.2, 0.25) is 11.8 Å². The number of rotatable bonds is 3. The number of nitrogens with one attached hydrogen (secondary N) is 2. The second-order valence-electron chi connectivity index (χ2n) is 5.91. The van der Waals surface area contributed by atoms with Gasteiger partial charge in [0.25, 0.3) is 11.8 Å². The van der Waals surface area contributed by atoms with Crippen LogP contribution in [-0.4, -0.2) is 47.3 Å². The van der Waals surface area contributed by atoms with Gasteiger partial charge >= 0.3 is 6.09 Å². The molecule has 3 rings (SSSR count). The SMILES string of the molecule is CCOC(=O)NC(=O)c1cccc2c1C(=O)N(C1CCC(=O)NC1=O)C2. The molecule has 2 aliphatic rings. The molecule has 1 fully saturated rings. The summed E-state index contributed by atoms with van der Waals surface area (Å²) >= 11 is 0. The molecule has 0 aromatic heterocycles. The third-order valence-corrected chi connectivity index (χ3v) is 4.29. The number of ether oxygens (including phenoxy) is 1. The summed E-state index contributed by atoms with van der Waals surface area (Å²) in [5, 5.41) is 4.28. The van der Waals surface area contributed by atoms with Crippen molar-refractivity contribution in [2.45, 2.75) is 32.4 Å². The maximum atomic E-state index is 12.8. The molecule has 5 amide bonds. The first-order valence-corrected chi connectivity index (χ1v) is 8.17. The Morgan fingerprint density at radius 3 is 2.77 bits per heavy atom. The molecule has 26 heavy (non-hydrogen) atoms. The highest BCUT2D eigenvalue weighted by Gasteiger charge is 2.40. The Morgan fingerprint density at radius 1 is 1.31 bits per heavy atom. The minimum Gasteiger partial charge on any atom is -0.450 e. The third kappa shape index (κ3) is 3.15. The summed E-state index contributed by atoms with van der Waals surface area (Å²) < 4.78 is 4.67. The summed E-state index contributed by atoms with van der Waals surface area (Å²) in [5.74, 6) is -2.13. The maximum Gasteiger partial charge on any atom is 0.414 e.